The van der Waals surface area contributed by atoms with Crippen LogP contribution in [-0.2, 0) is 5.75 Å². The number of hydrogen-bond acceptors (Lipinski definition) is 4. The summed E-state index contributed by atoms with van der Waals surface area (Å²) >= 11 is 1.65. The van der Waals surface area contributed by atoms with Crippen LogP contribution in [0, 0.1) is 6.92 Å². The first-order chi connectivity index (χ1) is 13.7. The minimum atomic E-state index is -0.0331. The third-order valence-electron chi connectivity index (χ3n) is 5.03. The van der Waals surface area contributed by atoms with Crippen LogP contribution in [0.15, 0.2) is 70.7 Å². The van der Waals surface area contributed by atoms with E-state index in [1.54, 1.807) is 22.2 Å². The number of aromatic nitrogens is 4. The zero-order valence-corrected chi connectivity index (χ0v) is 16.4. The van der Waals surface area contributed by atoms with Gasteiger partial charge in [-0.15, -0.1) is 0 Å². The Morgan fingerprint density at radius 2 is 1.93 bits per heavy atom. The third kappa shape index (κ3) is 3.14. The van der Waals surface area contributed by atoms with Crippen molar-refractivity contribution in [2.45, 2.75) is 36.7 Å². The van der Waals surface area contributed by atoms with E-state index in [0.29, 0.717) is 17.4 Å². The summed E-state index contributed by atoms with van der Waals surface area (Å²) in [7, 11) is 0. The summed E-state index contributed by atoms with van der Waals surface area (Å²) < 4.78 is 3.99. The Morgan fingerprint density at radius 3 is 2.71 bits per heavy atom. The van der Waals surface area contributed by atoms with Crippen LogP contribution in [0.5, 0.6) is 0 Å². The molecule has 4 aromatic rings. The molecule has 0 atom stereocenters. The van der Waals surface area contributed by atoms with Gasteiger partial charge in [0.2, 0.25) is 0 Å². The largest absolute Gasteiger partial charge is 0.316 e. The van der Waals surface area contributed by atoms with Gasteiger partial charge in [-0.05, 0) is 37.5 Å². The molecule has 3 heterocycles. The number of aryl methyl sites for hydroxylation is 1. The number of nitrogens with zero attached hydrogens (tertiary/aromatic N) is 4. The van der Waals surface area contributed by atoms with Gasteiger partial charge >= 0.3 is 0 Å². The van der Waals surface area contributed by atoms with Crippen LogP contribution in [0.1, 0.15) is 30.3 Å². The third-order valence-corrected chi connectivity index (χ3v) is 6.03. The molecule has 0 saturated heterocycles. The van der Waals surface area contributed by atoms with E-state index in [9.17, 15) is 4.79 Å². The molecule has 1 aromatic carbocycles. The van der Waals surface area contributed by atoms with Crippen molar-refractivity contribution in [1.82, 2.24) is 18.9 Å². The molecule has 1 saturated carbocycles. The van der Waals surface area contributed by atoms with Gasteiger partial charge in [0.15, 0.2) is 5.16 Å². The Balaban J connectivity index is 1.46. The number of fused-ring (bicyclic) bond motifs is 1. The quantitative estimate of drug-likeness (QED) is 0.473. The molecule has 5 rings (SSSR count). The molecular formula is C22H20N4OS. The highest BCUT2D eigenvalue weighted by atomic mass is 32.2. The Morgan fingerprint density at radius 1 is 1.11 bits per heavy atom. The molecule has 1 aliphatic rings. The van der Waals surface area contributed by atoms with Gasteiger partial charge in [-0.3, -0.25) is 9.20 Å². The lowest BCUT2D eigenvalue weighted by Crippen LogP contribution is -2.17. The summed E-state index contributed by atoms with van der Waals surface area (Å²) in [4.78, 5) is 21.9. The smallest absolute Gasteiger partial charge is 0.258 e. The van der Waals surface area contributed by atoms with Crippen molar-refractivity contribution in [3.63, 3.8) is 0 Å². The van der Waals surface area contributed by atoms with Crippen molar-refractivity contribution in [3.8, 4) is 11.3 Å². The molecule has 0 aliphatic heterocycles. The van der Waals surface area contributed by atoms with Crippen molar-refractivity contribution in [2.24, 2.45) is 0 Å². The Bertz CT molecular complexity index is 1210. The number of imidazole rings is 1. The predicted molar refractivity (Wildman–Crippen MR) is 112 cm³/mol. The van der Waals surface area contributed by atoms with Gasteiger partial charge in [0, 0.05) is 23.6 Å². The first kappa shape index (κ1) is 17.3. The summed E-state index contributed by atoms with van der Waals surface area (Å²) in [5, 5.41) is 0.993. The van der Waals surface area contributed by atoms with Gasteiger partial charge in [0.25, 0.3) is 5.56 Å². The number of benzene rings is 1. The molecule has 140 valence electrons. The molecule has 1 fully saturated rings. The van der Waals surface area contributed by atoms with Crippen LogP contribution in [0.3, 0.4) is 0 Å². The number of thioether (sulfide) groups is 1. The van der Waals surface area contributed by atoms with Crippen LogP contribution in [0.4, 0.5) is 0 Å². The van der Waals surface area contributed by atoms with E-state index in [1.807, 2.05) is 37.4 Å². The van der Waals surface area contributed by atoms with Gasteiger partial charge in [0.1, 0.15) is 5.65 Å². The topological polar surface area (TPSA) is 52.2 Å². The van der Waals surface area contributed by atoms with Crippen molar-refractivity contribution >= 4 is 17.4 Å². The molecule has 0 bridgehead atoms. The van der Waals surface area contributed by atoms with Crippen LogP contribution >= 0.6 is 11.8 Å². The summed E-state index contributed by atoms with van der Waals surface area (Å²) in [6.45, 7) is 1.92. The molecular weight excluding hydrogens is 368 g/mol. The second-order valence-corrected chi connectivity index (χ2v) is 8.07. The second kappa shape index (κ2) is 6.95. The van der Waals surface area contributed by atoms with E-state index in [1.165, 1.54) is 18.4 Å². The molecule has 28 heavy (non-hydrogen) atoms. The summed E-state index contributed by atoms with van der Waals surface area (Å²) in [5.74, 6) is 0.623. The number of hydrogen-bond donors (Lipinski definition) is 0. The zero-order valence-electron chi connectivity index (χ0n) is 15.6. The minimum Gasteiger partial charge on any atom is -0.316 e. The molecule has 5 nitrogen and oxygen atoms in total. The molecule has 3 aromatic heterocycles. The minimum absolute atomic E-state index is 0.0331. The highest BCUT2D eigenvalue weighted by Crippen LogP contribution is 2.42. The van der Waals surface area contributed by atoms with Crippen molar-refractivity contribution in [3.05, 3.63) is 82.5 Å². The first-order valence-electron chi connectivity index (χ1n) is 9.44. The SMILES string of the molecule is Cc1cccc2nc(CSc3ncc(-c4ccccc4)n3C3CC3)cc(=O)n12. The second-order valence-electron chi connectivity index (χ2n) is 7.13. The van der Waals surface area contributed by atoms with Crippen LogP contribution < -0.4 is 5.56 Å². The maximum atomic E-state index is 12.5. The number of rotatable bonds is 5. The predicted octanol–water partition coefficient (Wildman–Crippen LogP) is 4.49. The van der Waals surface area contributed by atoms with Gasteiger partial charge in [-0.25, -0.2) is 9.97 Å². The monoisotopic (exact) mass is 388 g/mol. The Kier molecular flexibility index (Phi) is 4.28. The van der Waals surface area contributed by atoms with E-state index in [2.05, 4.69) is 38.8 Å². The standard InChI is InChI=1S/C22H20N4OS/c1-15-6-5-9-20-24-17(12-21(27)25(15)20)14-28-22-23-13-19(26(22)18-10-11-18)16-7-3-2-4-8-16/h2-9,12-13,18H,10-11,14H2,1H3. The van der Waals surface area contributed by atoms with Gasteiger partial charge < -0.3 is 4.57 Å². The molecule has 6 heteroatoms. The van der Waals surface area contributed by atoms with Gasteiger partial charge in [0.05, 0.1) is 17.6 Å². The van der Waals surface area contributed by atoms with Crippen molar-refractivity contribution < 1.29 is 0 Å². The Hall–Kier alpha value is -2.86. The summed E-state index contributed by atoms with van der Waals surface area (Å²) in [6.07, 6.45) is 4.35. The highest BCUT2D eigenvalue weighted by molar-refractivity contribution is 7.98. The lowest BCUT2D eigenvalue weighted by molar-refractivity contribution is 0.669. The molecule has 1 aliphatic carbocycles. The van der Waals surface area contributed by atoms with Crippen molar-refractivity contribution in [2.75, 3.05) is 0 Å². The normalized spacial score (nSPS) is 13.9. The fourth-order valence-electron chi connectivity index (χ4n) is 3.53. The Labute approximate surface area is 167 Å². The van der Waals surface area contributed by atoms with E-state index < -0.39 is 0 Å². The lowest BCUT2D eigenvalue weighted by atomic mass is 10.2. The molecule has 0 amide bonds. The highest BCUT2D eigenvalue weighted by Gasteiger charge is 2.29. The fraction of sp³-hybridized carbons (Fsp3) is 0.227. The van der Waals surface area contributed by atoms with Gasteiger partial charge in [-0.2, -0.15) is 0 Å². The van der Waals surface area contributed by atoms with E-state index in [4.69, 9.17) is 0 Å². The van der Waals surface area contributed by atoms with Crippen molar-refractivity contribution in [1.29, 1.82) is 0 Å². The maximum absolute atomic E-state index is 12.5. The molecule has 0 unspecified atom stereocenters. The molecule has 0 radical (unpaired) electrons. The van der Waals surface area contributed by atoms with Crippen LogP contribution in [0.2, 0.25) is 0 Å². The van der Waals surface area contributed by atoms with E-state index >= 15 is 0 Å². The maximum Gasteiger partial charge on any atom is 0.258 e. The average Bonchev–Trinajstić information content (AvgIpc) is 3.46. The average molecular weight is 388 g/mol. The van der Waals surface area contributed by atoms with E-state index in [-0.39, 0.29) is 5.56 Å². The fourth-order valence-corrected chi connectivity index (χ4v) is 4.47. The summed E-state index contributed by atoms with van der Waals surface area (Å²) in [6, 6.07) is 18.3. The number of pyridine rings is 1. The van der Waals surface area contributed by atoms with Gasteiger partial charge in [-0.1, -0.05) is 48.2 Å². The molecule has 0 spiro atoms. The molecule has 0 N–H and O–H groups in total. The zero-order chi connectivity index (χ0) is 19.1. The van der Waals surface area contributed by atoms with E-state index in [0.717, 1.165) is 22.2 Å². The lowest BCUT2D eigenvalue weighted by Gasteiger charge is -2.11. The first-order valence-corrected chi connectivity index (χ1v) is 10.4. The van der Waals surface area contributed by atoms with Crippen LogP contribution in [-0.4, -0.2) is 18.9 Å². The van der Waals surface area contributed by atoms with Crippen LogP contribution in [0.25, 0.3) is 16.9 Å². The summed E-state index contributed by atoms with van der Waals surface area (Å²) in [5.41, 5.74) is 4.69.